The van der Waals surface area contributed by atoms with Crippen molar-refractivity contribution in [1.29, 1.82) is 0 Å². The minimum atomic E-state index is -0.114. The van der Waals surface area contributed by atoms with Gasteiger partial charge >= 0.3 is 0 Å². The van der Waals surface area contributed by atoms with Crippen LogP contribution in [0.1, 0.15) is 5.69 Å². The van der Waals surface area contributed by atoms with Crippen LogP contribution >= 0.6 is 0 Å². The number of para-hydroxylation sites is 1. The fourth-order valence-electron chi connectivity index (χ4n) is 1.30. The fourth-order valence-corrected chi connectivity index (χ4v) is 1.30. The van der Waals surface area contributed by atoms with Crippen molar-refractivity contribution < 1.29 is 5.11 Å². The number of nitrogens with zero attached hydrogens (tertiary/aromatic N) is 1. The zero-order valence-corrected chi connectivity index (χ0v) is 7.07. The number of aliphatic hydroxyl groups is 1. The van der Waals surface area contributed by atoms with Crippen LogP contribution in [-0.2, 0) is 6.61 Å². The van der Waals surface area contributed by atoms with Crippen LogP contribution in [0.5, 0.6) is 0 Å². The van der Waals surface area contributed by atoms with Gasteiger partial charge < -0.3 is 10.8 Å². The first kappa shape index (κ1) is 8.01. The second-order valence-corrected chi connectivity index (χ2v) is 2.88. The van der Waals surface area contributed by atoms with E-state index in [9.17, 15) is 0 Å². The largest absolute Gasteiger partial charge is 0.397 e. The van der Waals surface area contributed by atoms with Gasteiger partial charge in [-0.05, 0) is 12.1 Å². The summed E-state index contributed by atoms with van der Waals surface area (Å²) in [6.45, 7) is -0.114. The zero-order chi connectivity index (χ0) is 9.26. The molecule has 0 aliphatic rings. The highest BCUT2D eigenvalue weighted by Gasteiger charge is 2.01. The molecule has 2 rings (SSSR count). The van der Waals surface area contributed by atoms with Crippen molar-refractivity contribution in [2.45, 2.75) is 6.61 Å². The summed E-state index contributed by atoms with van der Waals surface area (Å²) in [7, 11) is 0. The molecule has 3 heteroatoms. The lowest BCUT2D eigenvalue weighted by Gasteiger charge is -2.03. The topological polar surface area (TPSA) is 59.1 Å². The van der Waals surface area contributed by atoms with Gasteiger partial charge in [-0.3, -0.25) is 0 Å². The molecule has 1 heterocycles. The number of nitrogens with two attached hydrogens (primary N) is 1. The maximum atomic E-state index is 8.94. The molecular weight excluding hydrogens is 164 g/mol. The Morgan fingerprint density at radius 2 is 2.08 bits per heavy atom. The van der Waals surface area contributed by atoms with Crippen LogP contribution in [0.25, 0.3) is 10.9 Å². The molecular formula is C10H10N2O. The summed E-state index contributed by atoms with van der Waals surface area (Å²) in [6, 6.07) is 9.51. The average molecular weight is 174 g/mol. The number of benzene rings is 1. The van der Waals surface area contributed by atoms with Gasteiger partial charge in [0.25, 0.3) is 0 Å². The van der Waals surface area contributed by atoms with Gasteiger partial charge in [-0.15, -0.1) is 0 Å². The molecule has 0 aliphatic heterocycles. The van der Waals surface area contributed by atoms with Crippen molar-refractivity contribution in [2.75, 3.05) is 5.73 Å². The van der Waals surface area contributed by atoms with Gasteiger partial charge in [0.05, 0.1) is 23.5 Å². The molecule has 0 atom stereocenters. The van der Waals surface area contributed by atoms with Crippen molar-refractivity contribution in [3.05, 3.63) is 36.0 Å². The first-order valence-electron chi connectivity index (χ1n) is 4.06. The van der Waals surface area contributed by atoms with E-state index in [1.54, 1.807) is 0 Å². The van der Waals surface area contributed by atoms with E-state index in [2.05, 4.69) is 4.98 Å². The highest BCUT2D eigenvalue weighted by molar-refractivity contribution is 5.82. The SMILES string of the molecule is Nc1cc2ccccc2nc1CO. The van der Waals surface area contributed by atoms with E-state index >= 15 is 0 Å². The van der Waals surface area contributed by atoms with E-state index < -0.39 is 0 Å². The first-order chi connectivity index (χ1) is 6.31. The summed E-state index contributed by atoms with van der Waals surface area (Å²) in [5.41, 5.74) is 7.62. The monoisotopic (exact) mass is 174 g/mol. The van der Waals surface area contributed by atoms with Crippen LogP contribution in [0, 0.1) is 0 Å². The Bertz CT molecular complexity index is 440. The molecule has 0 saturated heterocycles. The number of anilines is 1. The molecule has 3 N–H and O–H groups in total. The predicted octanol–water partition coefficient (Wildman–Crippen LogP) is 1.31. The molecule has 0 bridgehead atoms. The van der Waals surface area contributed by atoms with Crippen molar-refractivity contribution in [2.24, 2.45) is 0 Å². The van der Waals surface area contributed by atoms with E-state index in [1.807, 2.05) is 30.3 Å². The summed E-state index contributed by atoms with van der Waals surface area (Å²) in [4.78, 5) is 4.22. The third-order valence-corrected chi connectivity index (χ3v) is 1.99. The molecule has 13 heavy (non-hydrogen) atoms. The van der Waals surface area contributed by atoms with Gasteiger partial charge in [0.15, 0.2) is 0 Å². The lowest BCUT2D eigenvalue weighted by atomic mass is 10.2. The van der Waals surface area contributed by atoms with Crippen LogP contribution < -0.4 is 5.73 Å². The molecule has 1 aromatic heterocycles. The minimum Gasteiger partial charge on any atom is -0.397 e. The number of aliphatic hydroxyl groups excluding tert-OH is 1. The Morgan fingerprint density at radius 3 is 2.85 bits per heavy atom. The van der Waals surface area contributed by atoms with Gasteiger partial charge in [-0.1, -0.05) is 18.2 Å². The summed E-state index contributed by atoms with van der Waals surface area (Å²) >= 11 is 0. The number of nitrogen functional groups attached to an aromatic ring is 1. The zero-order valence-electron chi connectivity index (χ0n) is 7.07. The lowest BCUT2D eigenvalue weighted by Crippen LogP contribution is -1.97. The molecule has 0 amide bonds. The van der Waals surface area contributed by atoms with E-state index in [-0.39, 0.29) is 6.61 Å². The highest BCUT2D eigenvalue weighted by Crippen LogP contribution is 2.17. The highest BCUT2D eigenvalue weighted by atomic mass is 16.3. The smallest absolute Gasteiger partial charge is 0.0894 e. The van der Waals surface area contributed by atoms with E-state index in [1.165, 1.54) is 0 Å². The number of pyridine rings is 1. The molecule has 0 fully saturated rings. The van der Waals surface area contributed by atoms with Gasteiger partial charge in [-0.25, -0.2) is 4.98 Å². The molecule has 3 nitrogen and oxygen atoms in total. The third kappa shape index (κ3) is 1.34. The lowest BCUT2D eigenvalue weighted by molar-refractivity contribution is 0.278. The van der Waals surface area contributed by atoms with Crippen LogP contribution in [0.4, 0.5) is 5.69 Å². The number of hydrogen-bond donors (Lipinski definition) is 2. The van der Waals surface area contributed by atoms with Crippen LogP contribution in [0.15, 0.2) is 30.3 Å². The van der Waals surface area contributed by atoms with Crippen LogP contribution in [0.2, 0.25) is 0 Å². The van der Waals surface area contributed by atoms with Gasteiger partial charge in [0.2, 0.25) is 0 Å². The number of rotatable bonds is 1. The van der Waals surface area contributed by atoms with Crippen LogP contribution in [-0.4, -0.2) is 10.1 Å². The molecule has 1 aromatic carbocycles. The summed E-state index contributed by atoms with van der Waals surface area (Å²) in [6.07, 6.45) is 0. The summed E-state index contributed by atoms with van der Waals surface area (Å²) < 4.78 is 0. The third-order valence-electron chi connectivity index (χ3n) is 1.99. The van der Waals surface area contributed by atoms with E-state index in [0.29, 0.717) is 11.4 Å². The predicted molar refractivity (Wildman–Crippen MR) is 52.1 cm³/mol. The van der Waals surface area contributed by atoms with Gasteiger partial charge in [0, 0.05) is 5.39 Å². The Hall–Kier alpha value is -1.61. The molecule has 2 aromatic rings. The summed E-state index contributed by atoms with van der Waals surface area (Å²) in [5.74, 6) is 0. The van der Waals surface area contributed by atoms with Gasteiger partial charge in [-0.2, -0.15) is 0 Å². The second-order valence-electron chi connectivity index (χ2n) is 2.88. The van der Waals surface area contributed by atoms with Crippen molar-refractivity contribution in [3.8, 4) is 0 Å². The standard InChI is InChI=1S/C10H10N2O/c11-8-5-7-3-1-2-4-9(7)12-10(8)6-13/h1-5,13H,6,11H2. The molecule has 0 radical (unpaired) electrons. The molecule has 0 unspecified atom stereocenters. The molecule has 66 valence electrons. The van der Waals surface area contributed by atoms with E-state index in [0.717, 1.165) is 10.9 Å². The van der Waals surface area contributed by atoms with Crippen molar-refractivity contribution in [3.63, 3.8) is 0 Å². The fraction of sp³-hybridized carbons (Fsp3) is 0.100. The number of aromatic nitrogens is 1. The van der Waals surface area contributed by atoms with Gasteiger partial charge in [0.1, 0.15) is 0 Å². The Balaban J connectivity index is 2.74. The quantitative estimate of drug-likeness (QED) is 0.685. The Morgan fingerprint density at radius 1 is 1.31 bits per heavy atom. The second kappa shape index (κ2) is 3.03. The summed E-state index contributed by atoms with van der Waals surface area (Å²) in [5, 5.41) is 9.93. The molecule has 0 spiro atoms. The Kier molecular flexibility index (Phi) is 1.87. The number of hydrogen-bond acceptors (Lipinski definition) is 3. The normalized spacial score (nSPS) is 10.5. The van der Waals surface area contributed by atoms with E-state index in [4.69, 9.17) is 10.8 Å². The van der Waals surface area contributed by atoms with Crippen LogP contribution in [0.3, 0.4) is 0 Å². The average Bonchev–Trinajstić information content (AvgIpc) is 2.17. The maximum Gasteiger partial charge on any atom is 0.0894 e. The molecule has 0 aliphatic carbocycles. The Labute approximate surface area is 75.8 Å². The first-order valence-corrected chi connectivity index (χ1v) is 4.06. The molecule has 0 saturated carbocycles. The maximum absolute atomic E-state index is 8.94. The van der Waals surface area contributed by atoms with Crippen molar-refractivity contribution >= 4 is 16.6 Å². The number of fused-ring (bicyclic) bond motifs is 1. The minimum absolute atomic E-state index is 0.114. The van der Waals surface area contributed by atoms with Crippen molar-refractivity contribution in [1.82, 2.24) is 4.98 Å².